The Hall–Kier alpha value is -2.36. The van der Waals surface area contributed by atoms with Gasteiger partial charge in [-0.05, 0) is 25.0 Å². The molecule has 2 saturated heterocycles. The second-order valence-electron chi connectivity index (χ2n) is 8.00. The molecule has 1 aromatic heterocycles. The lowest BCUT2D eigenvalue weighted by Crippen LogP contribution is -2.46. The van der Waals surface area contributed by atoms with Gasteiger partial charge in [-0.3, -0.25) is 14.9 Å². The van der Waals surface area contributed by atoms with Crippen molar-refractivity contribution >= 4 is 16.7 Å². The minimum atomic E-state index is -0.607. The summed E-state index contributed by atoms with van der Waals surface area (Å²) in [7, 11) is 1.57. The number of nitrogens with zero attached hydrogens (tertiary/aromatic N) is 3. The molecule has 29 heavy (non-hydrogen) atoms. The maximum absolute atomic E-state index is 10.5. The molecule has 5 rings (SSSR count). The van der Waals surface area contributed by atoms with E-state index in [0.29, 0.717) is 35.8 Å². The SMILES string of the molecule is COc1c(OC[C@H](O)CN2CC3CCC(C2)O3)ccc2c3n(c(=N)nc12)CCN3. The molecule has 2 aromatic rings. The lowest BCUT2D eigenvalue weighted by molar-refractivity contribution is -0.0529. The predicted molar refractivity (Wildman–Crippen MR) is 106 cm³/mol. The smallest absolute Gasteiger partial charge is 0.224 e. The van der Waals surface area contributed by atoms with Crippen LogP contribution in [0.3, 0.4) is 0 Å². The van der Waals surface area contributed by atoms with E-state index in [9.17, 15) is 5.11 Å². The van der Waals surface area contributed by atoms with Crippen LogP contribution < -0.4 is 20.4 Å². The van der Waals surface area contributed by atoms with Gasteiger partial charge in [-0.1, -0.05) is 0 Å². The van der Waals surface area contributed by atoms with Crippen LogP contribution >= 0.6 is 0 Å². The van der Waals surface area contributed by atoms with Crippen molar-refractivity contribution in [2.24, 2.45) is 0 Å². The second-order valence-corrected chi connectivity index (χ2v) is 8.00. The number of β-amino-alcohol motifs (C(OH)–C–C–N with tert-alkyl or cyclic N) is 1. The third-order valence-corrected chi connectivity index (χ3v) is 5.95. The van der Waals surface area contributed by atoms with Gasteiger partial charge in [-0.15, -0.1) is 0 Å². The fraction of sp³-hybridized carbons (Fsp3) is 0.600. The molecule has 0 spiro atoms. The summed E-state index contributed by atoms with van der Waals surface area (Å²) in [4.78, 5) is 6.68. The fourth-order valence-electron chi connectivity index (χ4n) is 4.66. The van der Waals surface area contributed by atoms with Crippen LogP contribution in [0.1, 0.15) is 12.8 Å². The molecule has 2 unspecified atom stereocenters. The highest BCUT2D eigenvalue weighted by Gasteiger charge is 2.34. The predicted octanol–water partition coefficient (Wildman–Crippen LogP) is 0.553. The van der Waals surface area contributed by atoms with Crippen LogP contribution in [-0.4, -0.2) is 77.8 Å². The molecule has 2 fully saturated rings. The number of hydrogen-bond acceptors (Lipinski definition) is 8. The second kappa shape index (κ2) is 7.47. The number of aliphatic hydroxyl groups is 1. The van der Waals surface area contributed by atoms with Crippen molar-refractivity contribution < 1.29 is 19.3 Å². The third-order valence-electron chi connectivity index (χ3n) is 5.95. The van der Waals surface area contributed by atoms with Crippen molar-refractivity contribution in [1.82, 2.24) is 14.5 Å². The lowest BCUT2D eigenvalue weighted by Gasteiger charge is -2.33. The summed E-state index contributed by atoms with van der Waals surface area (Å²) < 4.78 is 19.2. The molecule has 9 heteroatoms. The monoisotopic (exact) mass is 401 g/mol. The molecular formula is C20H27N5O4. The minimum absolute atomic E-state index is 0.167. The average Bonchev–Trinajstić information content (AvgIpc) is 3.33. The number of morpholine rings is 1. The number of rotatable bonds is 6. The molecule has 4 heterocycles. The van der Waals surface area contributed by atoms with E-state index >= 15 is 0 Å². The number of methoxy groups -OCH3 is 1. The van der Waals surface area contributed by atoms with Gasteiger partial charge in [-0.25, -0.2) is 4.98 Å². The lowest BCUT2D eigenvalue weighted by atomic mass is 10.2. The molecule has 3 N–H and O–H groups in total. The molecule has 0 radical (unpaired) electrons. The van der Waals surface area contributed by atoms with Crippen LogP contribution in [0.15, 0.2) is 12.1 Å². The van der Waals surface area contributed by atoms with Gasteiger partial charge in [0.2, 0.25) is 5.62 Å². The summed E-state index contributed by atoms with van der Waals surface area (Å²) in [6, 6.07) is 3.77. The van der Waals surface area contributed by atoms with E-state index in [1.807, 2.05) is 16.7 Å². The molecule has 3 aliphatic heterocycles. The standard InChI is InChI=1S/C20H27N5O4/c1-27-18-16(5-4-15-17(18)23-20(21)25-7-6-22-19(15)25)28-11-12(26)8-24-9-13-2-3-14(10-24)29-13/h4-5,12-14,21-22,26H,2-3,6-11H2,1H3/t12-,13?,14?/m1/s1. The maximum atomic E-state index is 10.5. The van der Waals surface area contributed by atoms with Crippen molar-refractivity contribution in [1.29, 1.82) is 5.41 Å². The topological polar surface area (TPSA) is 105 Å². The maximum Gasteiger partial charge on any atom is 0.224 e. The number of anilines is 1. The summed E-state index contributed by atoms with van der Waals surface area (Å²) >= 11 is 0. The van der Waals surface area contributed by atoms with Crippen molar-refractivity contribution in [3.63, 3.8) is 0 Å². The highest BCUT2D eigenvalue weighted by molar-refractivity contribution is 5.95. The summed E-state index contributed by atoms with van der Waals surface area (Å²) in [5.41, 5.74) is 0.782. The molecule has 2 bridgehead atoms. The van der Waals surface area contributed by atoms with Crippen molar-refractivity contribution in [2.75, 3.05) is 45.2 Å². The third kappa shape index (κ3) is 3.43. The zero-order valence-corrected chi connectivity index (χ0v) is 16.6. The fourth-order valence-corrected chi connectivity index (χ4v) is 4.66. The van der Waals surface area contributed by atoms with Crippen LogP contribution in [0.2, 0.25) is 0 Å². The van der Waals surface area contributed by atoms with Gasteiger partial charge in [0.05, 0.1) is 19.3 Å². The van der Waals surface area contributed by atoms with Gasteiger partial charge in [0, 0.05) is 38.1 Å². The van der Waals surface area contributed by atoms with Crippen molar-refractivity contribution in [3.05, 3.63) is 17.8 Å². The van der Waals surface area contributed by atoms with Gasteiger partial charge in [0.1, 0.15) is 24.0 Å². The van der Waals surface area contributed by atoms with E-state index in [1.165, 1.54) is 0 Å². The highest BCUT2D eigenvalue weighted by atomic mass is 16.5. The van der Waals surface area contributed by atoms with E-state index in [4.69, 9.17) is 19.6 Å². The number of fused-ring (bicyclic) bond motifs is 5. The van der Waals surface area contributed by atoms with Gasteiger partial charge in [0.25, 0.3) is 0 Å². The van der Waals surface area contributed by atoms with Crippen LogP contribution in [-0.2, 0) is 11.3 Å². The van der Waals surface area contributed by atoms with Gasteiger partial charge >= 0.3 is 0 Å². The molecule has 9 nitrogen and oxygen atoms in total. The number of nitrogens with one attached hydrogen (secondary N) is 2. The summed E-state index contributed by atoms with van der Waals surface area (Å²) in [5, 5.41) is 22.9. The van der Waals surface area contributed by atoms with Crippen LogP contribution in [0.4, 0.5) is 5.82 Å². The van der Waals surface area contributed by atoms with Crippen molar-refractivity contribution in [3.8, 4) is 11.5 Å². The van der Waals surface area contributed by atoms with Crippen LogP contribution in [0, 0.1) is 5.41 Å². The number of aromatic nitrogens is 2. The zero-order valence-electron chi connectivity index (χ0n) is 16.6. The van der Waals surface area contributed by atoms with E-state index in [1.54, 1.807) is 7.11 Å². The number of aliphatic hydroxyl groups excluding tert-OH is 1. The molecule has 0 saturated carbocycles. The van der Waals surface area contributed by atoms with Crippen LogP contribution in [0.5, 0.6) is 11.5 Å². The molecule has 1 aromatic carbocycles. The Labute approximate surface area is 168 Å². The first-order valence-corrected chi connectivity index (χ1v) is 10.2. The van der Waals surface area contributed by atoms with E-state index in [2.05, 4.69) is 15.2 Å². The molecule has 156 valence electrons. The molecule has 3 aliphatic rings. The Kier molecular flexibility index (Phi) is 4.81. The Morgan fingerprint density at radius 2 is 2.14 bits per heavy atom. The normalized spacial score (nSPS) is 24.3. The number of hydrogen-bond donors (Lipinski definition) is 3. The van der Waals surface area contributed by atoms with Crippen LogP contribution in [0.25, 0.3) is 10.9 Å². The largest absolute Gasteiger partial charge is 0.491 e. The Balaban J connectivity index is 1.31. The highest BCUT2D eigenvalue weighted by Crippen LogP contribution is 2.37. The van der Waals surface area contributed by atoms with E-state index in [0.717, 1.165) is 50.2 Å². The first-order valence-electron chi connectivity index (χ1n) is 10.2. The average molecular weight is 401 g/mol. The summed E-state index contributed by atoms with van der Waals surface area (Å²) in [5.74, 6) is 1.90. The Morgan fingerprint density at radius 3 is 2.90 bits per heavy atom. The minimum Gasteiger partial charge on any atom is -0.491 e. The first kappa shape index (κ1) is 18.7. The Morgan fingerprint density at radius 1 is 1.34 bits per heavy atom. The van der Waals surface area contributed by atoms with E-state index in [-0.39, 0.29) is 12.2 Å². The van der Waals surface area contributed by atoms with E-state index < -0.39 is 6.10 Å². The first-order chi connectivity index (χ1) is 14.1. The quantitative estimate of drug-likeness (QED) is 0.649. The van der Waals surface area contributed by atoms with Gasteiger partial charge in [-0.2, -0.15) is 0 Å². The van der Waals surface area contributed by atoms with Crippen molar-refractivity contribution in [2.45, 2.75) is 37.7 Å². The number of ether oxygens (including phenoxy) is 3. The van der Waals surface area contributed by atoms with Gasteiger partial charge in [0.15, 0.2) is 11.5 Å². The van der Waals surface area contributed by atoms with Gasteiger partial charge < -0.3 is 24.6 Å². The molecule has 3 atom stereocenters. The zero-order chi connectivity index (χ0) is 20.0. The molecular weight excluding hydrogens is 374 g/mol. The summed E-state index contributed by atoms with van der Waals surface area (Å²) in [6.07, 6.45) is 2.24. The number of benzene rings is 1. The molecule has 0 amide bonds. The molecule has 0 aliphatic carbocycles. The summed E-state index contributed by atoms with van der Waals surface area (Å²) in [6.45, 7) is 3.99. The Bertz CT molecular complexity index is 965. The number of likely N-dealkylation sites (tertiary alicyclic amines) is 1.